The lowest BCUT2D eigenvalue weighted by Gasteiger charge is -2.15. The number of methoxy groups -OCH3 is 1. The highest BCUT2D eigenvalue weighted by Crippen LogP contribution is 2.33. The molecule has 0 fully saturated rings. The Hall–Kier alpha value is -0.800. The number of hydrogen-bond acceptors (Lipinski definition) is 1. The summed E-state index contributed by atoms with van der Waals surface area (Å²) in [4.78, 5) is 0.322. The SMILES string of the molecule is COc1ccc(CC(Br)c2cc(C)c(Br)cc2C)cc1. The molecule has 0 N–H and O–H groups in total. The number of hydrogen-bond donors (Lipinski definition) is 0. The first-order valence-corrected chi connectivity index (χ1v) is 8.25. The van der Waals surface area contributed by atoms with E-state index < -0.39 is 0 Å². The number of benzene rings is 2. The molecule has 1 nitrogen and oxygen atoms in total. The van der Waals surface area contributed by atoms with Gasteiger partial charge in [-0.3, -0.25) is 0 Å². The van der Waals surface area contributed by atoms with Crippen LogP contribution in [0.15, 0.2) is 40.9 Å². The van der Waals surface area contributed by atoms with Crippen molar-refractivity contribution < 1.29 is 4.74 Å². The Labute approximate surface area is 137 Å². The number of rotatable bonds is 4. The molecule has 0 aromatic heterocycles. The molecule has 106 valence electrons. The van der Waals surface area contributed by atoms with Gasteiger partial charge in [-0.15, -0.1) is 0 Å². The first-order valence-electron chi connectivity index (χ1n) is 6.55. The van der Waals surface area contributed by atoms with E-state index in [0.29, 0.717) is 4.83 Å². The average Bonchev–Trinajstić information content (AvgIpc) is 2.43. The predicted octanol–water partition coefficient (Wildman–Crippen LogP) is 5.75. The third-order valence-electron chi connectivity index (χ3n) is 3.46. The Morgan fingerprint density at radius 1 is 1.05 bits per heavy atom. The summed E-state index contributed by atoms with van der Waals surface area (Å²) in [5.41, 5.74) is 5.22. The van der Waals surface area contributed by atoms with E-state index in [-0.39, 0.29) is 0 Å². The first kappa shape index (κ1) is 15.6. The van der Waals surface area contributed by atoms with Crippen molar-refractivity contribution in [3.63, 3.8) is 0 Å². The van der Waals surface area contributed by atoms with Crippen LogP contribution in [-0.2, 0) is 6.42 Å². The summed E-state index contributed by atoms with van der Waals surface area (Å²) in [6, 6.07) is 12.7. The van der Waals surface area contributed by atoms with Crippen LogP contribution >= 0.6 is 31.9 Å². The topological polar surface area (TPSA) is 9.23 Å². The minimum atomic E-state index is 0.322. The second kappa shape index (κ2) is 6.77. The van der Waals surface area contributed by atoms with E-state index >= 15 is 0 Å². The van der Waals surface area contributed by atoms with E-state index in [2.05, 4.69) is 70.0 Å². The van der Waals surface area contributed by atoms with Gasteiger partial charge in [-0.1, -0.05) is 50.1 Å². The van der Waals surface area contributed by atoms with Crippen LogP contribution in [0.3, 0.4) is 0 Å². The van der Waals surface area contributed by atoms with E-state index in [1.165, 1.54) is 26.7 Å². The van der Waals surface area contributed by atoms with Crippen LogP contribution in [-0.4, -0.2) is 7.11 Å². The summed E-state index contributed by atoms with van der Waals surface area (Å²) in [5, 5.41) is 0. The molecule has 1 unspecified atom stereocenters. The lowest BCUT2D eigenvalue weighted by molar-refractivity contribution is 0.414. The molecule has 0 aliphatic carbocycles. The van der Waals surface area contributed by atoms with Crippen molar-refractivity contribution in [1.82, 2.24) is 0 Å². The number of halogens is 2. The lowest BCUT2D eigenvalue weighted by Crippen LogP contribution is -1.99. The molecule has 2 rings (SSSR count). The smallest absolute Gasteiger partial charge is 0.118 e. The van der Waals surface area contributed by atoms with Gasteiger partial charge in [0.15, 0.2) is 0 Å². The molecule has 0 radical (unpaired) electrons. The summed E-state index contributed by atoms with van der Waals surface area (Å²) in [6.45, 7) is 4.28. The van der Waals surface area contributed by atoms with Crippen molar-refractivity contribution in [2.45, 2.75) is 25.1 Å². The van der Waals surface area contributed by atoms with E-state index in [9.17, 15) is 0 Å². The first-order chi connectivity index (χ1) is 9.51. The quantitative estimate of drug-likeness (QED) is 0.596. The second-order valence-electron chi connectivity index (χ2n) is 4.98. The average molecular weight is 398 g/mol. The lowest BCUT2D eigenvalue weighted by atomic mass is 9.98. The van der Waals surface area contributed by atoms with Crippen molar-refractivity contribution >= 4 is 31.9 Å². The molecule has 3 heteroatoms. The largest absolute Gasteiger partial charge is 0.497 e. The van der Waals surface area contributed by atoms with Crippen molar-refractivity contribution in [1.29, 1.82) is 0 Å². The Morgan fingerprint density at radius 3 is 2.30 bits per heavy atom. The fourth-order valence-corrected chi connectivity index (χ4v) is 3.54. The fraction of sp³-hybridized carbons (Fsp3) is 0.294. The van der Waals surface area contributed by atoms with Crippen molar-refractivity contribution in [2.75, 3.05) is 7.11 Å². The molecule has 2 aromatic carbocycles. The van der Waals surface area contributed by atoms with Crippen LogP contribution in [0.25, 0.3) is 0 Å². The van der Waals surface area contributed by atoms with Gasteiger partial charge in [0.1, 0.15) is 5.75 Å². The van der Waals surface area contributed by atoms with Crippen LogP contribution in [0, 0.1) is 13.8 Å². The fourth-order valence-electron chi connectivity index (χ4n) is 2.22. The summed E-state index contributed by atoms with van der Waals surface area (Å²) >= 11 is 7.40. The Kier molecular flexibility index (Phi) is 5.28. The van der Waals surface area contributed by atoms with Crippen molar-refractivity contribution in [3.8, 4) is 5.75 Å². The number of aryl methyl sites for hydroxylation is 2. The third-order valence-corrected chi connectivity index (χ3v) is 5.13. The van der Waals surface area contributed by atoms with Crippen LogP contribution in [0.4, 0.5) is 0 Å². The van der Waals surface area contributed by atoms with Crippen molar-refractivity contribution in [2.24, 2.45) is 0 Å². The molecule has 0 aliphatic heterocycles. The molecule has 20 heavy (non-hydrogen) atoms. The van der Waals surface area contributed by atoms with Gasteiger partial charge in [-0.2, -0.15) is 0 Å². The molecular formula is C17H18Br2O. The van der Waals surface area contributed by atoms with Crippen LogP contribution in [0.2, 0.25) is 0 Å². The molecule has 1 atom stereocenters. The van der Waals surface area contributed by atoms with E-state index in [0.717, 1.165) is 12.2 Å². The number of alkyl halides is 1. The molecule has 0 saturated heterocycles. The van der Waals surface area contributed by atoms with E-state index in [4.69, 9.17) is 4.74 Å². The highest BCUT2D eigenvalue weighted by Gasteiger charge is 2.13. The van der Waals surface area contributed by atoms with Crippen molar-refractivity contribution in [3.05, 3.63) is 63.1 Å². The molecule has 0 spiro atoms. The van der Waals surface area contributed by atoms with Crippen LogP contribution < -0.4 is 4.74 Å². The maximum Gasteiger partial charge on any atom is 0.118 e. The van der Waals surface area contributed by atoms with Gasteiger partial charge < -0.3 is 4.74 Å². The molecule has 0 aliphatic rings. The van der Waals surface area contributed by atoms with Crippen LogP contribution in [0.5, 0.6) is 5.75 Å². The highest BCUT2D eigenvalue weighted by atomic mass is 79.9. The molecule has 2 aromatic rings. The zero-order valence-electron chi connectivity index (χ0n) is 11.9. The Morgan fingerprint density at radius 2 is 1.70 bits per heavy atom. The van der Waals surface area contributed by atoms with E-state index in [1.54, 1.807) is 7.11 Å². The monoisotopic (exact) mass is 396 g/mol. The normalized spacial score (nSPS) is 12.2. The minimum absolute atomic E-state index is 0.322. The highest BCUT2D eigenvalue weighted by molar-refractivity contribution is 9.10. The molecule has 0 saturated carbocycles. The third kappa shape index (κ3) is 3.64. The Balaban J connectivity index is 2.18. The van der Waals surface area contributed by atoms with Gasteiger partial charge in [0.25, 0.3) is 0 Å². The maximum atomic E-state index is 5.19. The summed E-state index contributed by atoms with van der Waals surface area (Å²) in [6.07, 6.45) is 0.964. The second-order valence-corrected chi connectivity index (χ2v) is 6.94. The van der Waals surface area contributed by atoms with Gasteiger partial charge in [-0.25, -0.2) is 0 Å². The summed E-state index contributed by atoms with van der Waals surface area (Å²) in [7, 11) is 1.69. The standard InChI is InChI=1S/C17H18Br2O/c1-11-9-16(18)12(2)8-15(11)17(19)10-13-4-6-14(20-3)7-5-13/h4-9,17H,10H2,1-3H3. The van der Waals surface area contributed by atoms with Crippen LogP contribution in [0.1, 0.15) is 27.1 Å². The van der Waals surface area contributed by atoms with E-state index in [1.807, 2.05) is 12.1 Å². The molecule has 0 amide bonds. The van der Waals surface area contributed by atoms with Gasteiger partial charge in [0.05, 0.1) is 7.11 Å². The summed E-state index contributed by atoms with van der Waals surface area (Å²) in [5.74, 6) is 0.899. The zero-order chi connectivity index (χ0) is 14.7. The number of ether oxygens (including phenoxy) is 1. The zero-order valence-corrected chi connectivity index (χ0v) is 15.1. The predicted molar refractivity (Wildman–Crippen MR) is 92.0 cm³/mol. The van der Waals surface area contributed by atoms with Gasteiger partial charge >= 0.3 is 0 Å². The van der Waals surface area contributed by atoms with Gasteiger partial charge in [0.2, 0.25) is 0 Å². The molecular weight excluding hydrogens is 380 g/mol. The molecule has 0 heterocycles. The maximum absolute atomic E-state index is 5.19. The Bertz CT molecular complexity index is 591. The summed E-state index contributed by atoms with van der Waals surface area (Å²) < 4.78 is 6.36. The minimum Gasteiger partial charge on any atom is -0.497 e. The van der Waals surface area contributed by atoms with Gasteiger partial charge in [-0.05, 0) is 60.7 Å². The molecule has 0 bridgehead atoms. The van der Waals surface area contributed by atoms with Gasteiger partial charge in [0, 0.05) is 9.30 Å².